The number of carbonyl (C=O) groups is 1. The zero-order chi connectivity index (χ0) is 16.6. The van der Waals surface area contributed by atoms with Crippen LogP contribution in [0.2, 0.25) is 0 Å². The van der Waals surface area contributed by atoms with Gasteiger partial charge in [-0.05, 0) is 43.7 Å². The first-order valence-electron chi connectivity index (χ1n) is 7.23. The van der Waals surface area contributed by atoms with Crippen LogP contribution in [0.1, 0.15) is 26.2 Å². The molecule has 0 saturated heterocycles. The van der Waals surface area contributed by atoms with Gasteiger partial charge in [0.15, 0.2) is 9.84 Å². The van der Waals surface area contributed by atoms with Gasteiger partial charge in [-0.3, -0.25) is 4.79 Å². The Balaban J connectivity index is 2.31. The maximum absolute atomic E-state index is 11.3. The summed E-state index contributed by atoms with van der Waals surface area (Å²) in [6.45, 7) is 2.93. The summed E-state index contributed by atoms with van der Waals surface area (Å²) in [5.74, 6) is -0.241. The summed E-state index contributed by atoms with van der Waals surface area (Å²) >= 11 is 0. The number of hydrogen-bond acceptors (Lipinski definition) is 5. The van der Waals surface area contributed by atoms with Crippen molar-refractivity contribution < 1.29 is 23.1 Å². The van der Waals surface area contributed by atoms with E-state index in [0.29, 0.717) is 31.7 Å². The maximum Gasteiger partial charge on any atom is 0.320 e. The van der Waals surface area contributed by atoms with Crippen LogP contribution < -0.4 is 10.1 Å². The molecular formula is C15H23NO5S. The maximum atomic E-state index is 11.3. The van der Waals surface area contributed by atoms with Crippen LogP contribution >= 0.6 is 0 Å². The van der Waals surface area contributed by atoms with Crippen LogP contribution in [0.5, 0.6) is 5.75 Å². The first-order valence-corrected chi connectivity index (χ1v) is 9.13. The van der Waals surface area contributed by atoms with E-state index in [-0.39, 0.29) is 4.90 Å². The van der Waals surface area contributed by atoms with Crippen LogP contribution in [0.4, 0.5) is 0 Å². The number of benzene rings is 1. The van der Waals surface area contributed by atoms with Crippen molar-refractivity contribution in [2.24, 2.45) is 0 Å². The topological polar surface area (TPSA) is 92.7 Å². The van der Waals surface area contributed by atoms with Gasteiger partial charge in [0.05, 0.1) is 11.5 Å². The highest BCUT2D eigenvalue weighted by Gasteiger charge is 2.14. The molecule has 2 N–H and O–H groups in total. The van der Waals surface area contributed by atoms with E-state index in [1.807, 2.05) is 6.92 Å². The second kappa shape index (κ2) is 8.75. The lowest BCUT2D eigenvalue weighted by Gasteiger charge is -2.13. The van der Waals surface area contributed by atoms with Crippen molar-refractivity contribution in [3.8, 4) is 5.75 Å². The van der Waals surface area contributed by atoms with Crippen molar-refractivity contribution in [3.05, 3.63) is 24.3 Å². The predicted molar refractivity (Wildman–Crippen MR) is 84.0 cm³/mol. The molecule has 124 valence electrons. The first kappa shape index (κ1) is 18.4. The number of aliphatic carboxylic acids is 1. The molecule has 1 unspecified atom stereocenters. The van der Waals surface area contributed by atoms with Gasteiger partial charge in [0.1, 0.15) is 11.8 Å². The van der Waals surface area contributed by atoms with Crippen molar-refractivity contribution in [3.63, 3.8) is 0 Å². The molecule has 0 saturated carbocycles. The summed E-state index contributed by atoms with van der Waals surface area (Å²) in [5, 5.41) is 12.0. The van der Waals surface area contributed by atoms with Gasteiger partial charge < -0.3 is 15.2 Å². The fourth-order valence-electron chi connectivity index (χ4n) is 1.92. The van der Waals surface area contributed by atoms with E-state index in [9.17, 15) is 13.2 Å². The fraction of sp³-hybridized carbons (Fsp3) is 0.533. The molecule has 0 aromatic heterocycles. The summed E-state index contributed by atoms with van der Waals surface area (Å²) in [5.41, 5.74) is 0. The fourth-order valence-corrected chi connectivity index (χ4v) is 2.55. The van der Waals surface area contributed by atoms with Crippen LogP contribution in [0.25, 0.3) is 0 Å². The molecule has 1 aromatic rings. The summed E-state index contributed by atoms with van der Waals surface area (Å²) in [6, 6.07) is 5.72. The number of carboxylic acid groups (broad SMARTS) is 1. The second-order valence-corrected chi connectivity index (χ2v) is 7.09. The average Bonchev–Trinajstić information content (AvgIpc) is 2.45. The highest BCUT2D eigenvalue weighted by atomic mass is 32.2. The van der Waals surface area contributed by atoms with Crippen LogP contribution in [0.15, 0.2) is 29.2 Å². The molecule has 0 amide bonds. The molecule has 0 fully saturated rings. The molecule has 0 bridgehead atoms. The van der Waals surface area contributed by atoms with Gasteiger partial charge in [-0.2, -0.15) is 0 Å². The molecule has 1 atom stereocenters. The van der Waals surface area contributed by atoms with E-state index < -0.39 is 21.8 Å². The van der Waals surface area contributed by atoms with E-state index >= 15 is 0 Å². The number of ether oxygens (including phenoxy) is 1. The third-order valence-electron chi connectivity index (χ3n) is 3.11. The SMILES string of the molecule is CCCC(NCCCOc1ccc(S(C)(=O)=O)cc1)C(=O)O. The van der Waals surface area contributed by atoms with Crippen LogP contribution in [-0.2, 0) is 14.6 Å². The number of nitrogens with one attached hydrogen (secondary N) is 1. The third-order valence-corrected chi connectivity index (χ3v) is 4.24. The highest BCUT2D eigenvalue weighted by Crippen LogP contribution is 2.15. The molecule has 1 rings (SSSR count). The van der Waals surface area contributed by atoms with Crippen molar-refractivity contribution in [1.29, 1.82) is 0 Å². The van der Waals surface area contributed by atoms with Crippen LogP contribution in [-0.4, -0.2) is 44.9 Å². The minimum Gasteiger partial charge on any atom is -0.494 e. The number of hydrogen-bond donors (Lipinski definition) is 2. The Morgan fingerprint density at radius 1 is 1.32 bits per heavy atom. The van der Waals surface area contributed by atoms with E-state index in [2.05, 4.69) is 5.32 Å². The summed E-state index contributed by atoms with van der Waals surface area (Å²) in [7, 11) is -3.19. The molecule has 7 heteroatoms. The molecule has 0 aliphatic heterocycles. The lowest BCUT2D eigenvalue weighted by Crippen LogP contribution is -2.37. The van der Waals surface area contributed by atoms with Gasteiger partial charge in [0.25, 0.3) is 0 Å². The largest absolute Gasteiger partial charge is 0.494 e. The second-order valence-electron chi connectivity index (χ2n) is 5.08. The Morgan fingerprint density at radius 2 is 1.95 bits per heavy atom. The summed E-state index contributed by atoms with van der Waals surface area (Å²) in [4.78, 5) is 11.2. The quantitative estimate of drug-likeness (QED) is 0.635. The molecule has 0 aliphatic rings. The lowest BCUT2D eigenvalue weighted by molar-refractivity contribution is -0.139. The van der Waals surface area contributed by atoms with Gasteiger partial charge in [-0.25, -0.2) is 8.42 Å². The summed E-state index contributed by atoms with van der Waals surface area (Å²) in [6.07, 6.45) is 3.24. The van der Waals surface area contributed by atoms with Crippen LogP contribution in [0, 0.1) is 0 Å². The monoisotopic (exact) mass is 329 g/mol. The Bertz CT molecular complexity index is 568. The van der Waals surface area contributed by atoms with Gasteiger partial charge in [-0.15, -0.1) is 0 Å². The van der Waals surface area contributed by atoms with Gasteiger partial charge in [0.2, 0.25) is 0 Å². The third kappa shape index (κ3) is 6.44. The number of rotatable bonds is 10. The van der Waals surface area contributed by atoms with E-state index in [1.54, 1.807) is 12.1 Å². The molecule has 0 aliphatic carbocycles. The van der Waals surface area contributed by atoms with Crippen molar-refractivity contribution >= 4 is 15.8 Å². The van der Waals surface area contributed by atoms with Crippen molar-refractivity contribution in [1.82, 2.24) is 5.32 Å². The van der Waals surface area contributed by atoms with Crippen molar-refractivity contribution in [2.75, 3.05) is 19.4 Å². The number of sulfone groups is 1. The standard InChI is InChI=1S/C15H23NO5S/c1-3-5-14(15(17)18)16-10-4-11-21-12-6-8-13(9-7-12)22(2,19)20/h6-9,14,16H,3-5,10-11H2,1-2H3,(H,17,18). The average molecular weight is 329 g/mol. The van der Waals surface area contributed by atoms with Crippen LogP contribution in [0.3, 0.4) is 0 Å². The number of carboxylic acids is 1. The predicted octanol–water partition coefficient (Wildman–Crippen LogP) is 1.70. The molecular weight excluding hydrogens is 306 g/mol. The van der Waals surface area contributed by atoms with Gasteiger partial charge in [0, 0.05) is 6.26 Å². The minimum atomic E-state index is -3.19. The first-order chi connectivity index (χ1) is 10.3. The Kier molecular flexibility index (Phi) is 7.34. The zero-order valence-corrected chi connectivity index (χ0v) is 13.7. The van der Waals surface area contributed by atoms with E-state index in [4.69, 9.17) is 9.84 Å². The highest BCUT2D eigenvalue weighted by molar-refractivity contribution is 7.90. The molecule has 0 heterocycles. The zero-order valence-electron chi connectivity index (χ0n) is 12.9. The molecule has 6 nitrogen and oxygen atoms in total. The molecule has 22 heavy (non-hydrogen) atoms. The lowest BCUT2D eigenvalue weighted by atomic mass is 10.1. The summed E-state index contributed by atoms with van der Waals surface area (Å²) < 4.78 is 28.1. The smallest absolute Gasteiger partial charge is 0.320 e. The van der Waals surface area contributed by atoms with Crippen molar-refractivity contribution in [2.45, 2.75) is 37.1 Å². The Hall–Kier alpha value is -1.60. The van der Waals surface area contributed by atoms with Gasteiger partial charge >= 0.3 is 5.97 Å². The normalized spacial score (nSPS) is 12.8. The van der Waals surface area contributed by atoms with E-state index in [1.165, 1.54) is 12.1 Å². The Morgan fingerprint density at radius 3 is 2.45 bits per heavy atom. The molecule has 0 radical (unpaired) electrons. The van der Waals surface area contributed by atoms with E-state index in [0.717, 1.165) is 12.7 Å². The Labute approximate surface area is 131 Å². The molecule has 0 spiro atoms. The van der Waals surface area contributed by atoms with Gasteiger partial charge in [-0.1, -0.05) is 13.3 Å². The minimum absolute atomic E-state index is 0.255. The molecule has 1 aromatic carbocycles.